The summed E-state index contributed by atoms with van der Waals surface area (Å²) in [4.78, 5) is 4.34. The maximum absolute atomic E-state index is 5.92. The van der Waals surface area contributed by atoms with E-state index in [9.17, 15) is 0 Å². The lowest BCUT2D eigenvalue weighted by Gasteiger charge is -2.01. The Kier molecular flexibility index (Phi) is 2.90. The molecule has 1 heterocycles. The van der Waals surface area contributed by atoms with Crippen LogP contribution in [0.5, 0.6) is 0 Å². The van der Waals surface area contributed by atoms with E-state index in [-0.39, 0.29) is 0 Å². The molecule has 3 nitrogen and oxygen atoms in total. The minimum atomic E-state index is 0.524. The molecule has 0 amide bonds. The first kappa shape index (κ1) is 11.1. The number of aromatic nitrogens is 1. The predicted octanol–water partition coefficient (Wildman–Crippen LogP) is 4.09. The van der Waals surface area contributed by atoms with Crippen molar-refractivity contribution in [2.45, 2.75) is 6.54 Å². The zero-order chi connectivity index (χ0) is 12.4. The van der Waals surface area contributed by atoms with E-state index in [1.54, 1.807) is 0 Å². The predicted molar refractivity (Wildman–Crippen MR) is 72.8 cm³/mol. The number of nitrogens with one attached hydrogen (secondary N) is 1. The number of fused-ring (bicyclic) bond motifs is 1. The Morgan fingerprint density at radius 3 is 2.83 bits per heavy atom. The summed E-state index contributed by atoms with van der Waals surface area (Å²) in [6.45, 7) is 0.632. The molecule has 0 unspecified atom stereocenters. The Morgan fingerprint density at radius 2 is 2.00 bits per heavy atom. The Labute approximate surface area is 109 Å². The van der Waals surface area contributed by atoms with Crippen molar-refractivity contribution < 1.29 is 4.42 Å². The van der Waals surface area contributed by atoms with Gasteiger partial charge in [-0.25, -0.2) is 0 Å². The Hall–Kier alpha value is -2.00. The van der Waals surface area contributed by atoms with Crippen LogP contribution in [0, 0.1) is 0 Å². The molecule has 0 aliphatic carbocycles. The first-order valence-electron chi connectivity index (χ1n) is 5.65. The molecule has 0 saturated heterocycles. The maximum Gasteiger partial charge on any atom is 0.295 e. The first-order valence-corrected chi connectivity index (χ1v) is 6.03. The van der Waals surface area contributed by atoms with Gasteiger partial charge in [0, 0.05) is 11.6 Å². The molecule has 4 heteroatoms. The molecule has 0 aliphatic rings. The standard InChI is InChI=1S/C14H11ClN2O/c15-11-5-3-4-10(8-11)9-16-14-17-12-6-1-2-7-13(12)18-14/h1-8H,9H2,(H,16,17). The molecule has 0 saturated carbocycles. The van der Waals surface area contributed by atoms with E-state index >= 15 is 0 Å². The van der Waals surface area contributed by atoms with Gasteiger partial charge in [0.2, 0.25) is 0 Å². The second-order valence-corrected chi connectivity index (χ2v) is 4.41. The minimum Gasteiger partial charge on any atom is -0.424 e. The Morgan fingerprint density at radius 1 is 1.11 bits per heavy atom. The van der Waals surface area contributed by atoms with Crippen molar-refractivity contribution in [1.82, 2.24) is 4.98 Å². The average Bonchev–Trinajstić information content (AvgIpc) is 2.79. The van der Waals surface area contributed by atoms with Crippen LogP contribution in [-0.2, 0) is 6.54 Å². The fraction of sp³-hybridized carbons (Fsp3) is 0.0714. The number of halogens is 1. The summed E-state index contributed by atoms with van der Waals surface area (Å²) in [6, 6.07) is 15.9. The zero-order valence-corrected chi connectivity index (χ0v) is 10.3. The van der Waals surface area contributed by atoms with Crippen LogP contribution in [0.2, 0.25) is 5.02 Å². The SMILES string of the molecule is Clc1cccc(CNc2nc3ccccc3o2)c1. The largest absolute Gasteiger partial charge is 0.424 e. The summed E-state index contributed by atoms with van der Waals surface area (Å²) in [5.41, 5.74) is 2.72. The van der Waals surface area contributed by atoms with Crippen LogP contribution in [0.4, 0.5) is 6.01 Å². The van der Waals surface area contributed by atoms with Crippen LogP contribution in [0.3, 0.4) is 0 Å². The van der Waals surface area contributed by atoms with Crippen LogP contribution in [0.1, 0.15) is 5.56 Å². The van der Waals surface area contributed by atoms with Crippen LogP contribution in [0.15, 0.2) is 52.9 Å². The minimum absolute atomic E-state index is 0.524. The molecule has 18 heavy (non-hydrogen) atoms. The lowest BCUT2D eigenvalue weighted by atomic mass is 10.2. The third-order valence-corrected chi connectivity index (χ3v) is 2.86. The van der Waals surface area contributed by atoms with E-state index in [1.807, 2.05) is 48.5 Å². The van der Waals surface area contributed by atoms with Gasteiger partial charge in [-0.3, -0.25) is 0 Å². The van der Waals surface area contributed by atoms with Crippen LogP contribution in [0.25, 0.3) is 11.1 Å². The van der Waals surface area contributed by atoms with Gasteiger partial charge in [0.15, 0.2) is 5.58 Å². The van der Waals surface area contributed by atoms with Crippen LogP contribution < -0.4 is 5.32 Å². The summed E-state index contributed by atoms with van der Waals surface area (Å²) in [5.74, 6) is 0. The highest BCUT2D eigenvalue weighted by molar-refractivity contribution is 6.30. The molecule has 90 valence electrons. The van der Waals surface area contributed by atoms with E-state index in [4.69, 9.17) is 16.0 Å². The maximum atomic E-state index is 5.92. The molecule has 1 N–H and O–H groups in total. The first-order chi connectivity index (χ1) is 8.81. The van der Waals surface area contributed by atoms with E-state index < -0.39 is 0 Å². The van der Waals surface area contributed by atoms with Gasteiger partial charge in [-0.15, -0.1) is 0 Å². The molecule has 0 bridgehead atoms. The summed E-state index contributed by atoms with van der Waals surface area (Å²) in [7, 11) is 0. The number of oxazole rings is 1. The smallest absolute Gasteiger partial charge is 0.295 e. The number of para-hydroxylation sites is 2. The lowest BCUT2D eigenvalue weighted by Crippen LogP contribution is -1.99. The van der Waals surface area contributed by atoms with Gasteiger partial charge >= 0.3 is 0 Å². The van der Waals surface area contributed by atoms with Gasteiger partial charge in [0.1, 0.15) is 5.52 Å². The average molecular weight is 259 g/mol. The zero-order valence-electron chi connectivity index (χ0n) is 9.56. The van der Waals surface area contributed by atoms with Crippen molar-refractivity contribution >= 4 is 28.7 Å². The van der Waals surface area contributed by atoms with Crippen molar-refractivity contribution in [3.63, 3.8) is 0 Å². The summed E-state index contributed by atoms with van der Waals surface area (Å²) in [6.07, 6.45) is 0. The molecule has 3 rings (SSSR count). The molecule has 0 radical (unpaired) electrons. The van der Waals surface area contributed by atoms with E-state index in [2.05, 4.69) is 10.3 Å². The highest BCUT2D eigenvalue weighted by atomic mass is 35.5. The molecule has 3 aromatic rings. The highest BCUT2D eigenvalue weighted by Crippen LogP contribution is 2.19. The number of rotatable bonds is 3. The normalized spacial score (nSPS) is 10.7. The fourth-order valence-electron chi connectivity index (χ4n) is 1.77. The van der Waals surface area contributed by atoms with Gasteiger partial charge in [-0.1, -0.05) is 35.9 Å². The lowest BCUT2D eigenvalue weighted by molar-refractivity contribution is 0.614. The number of anilines is 1. The molecule has 0 atom stereocenters. The van der Waals surface area contributed by atoms with Crippen molar-refractivity contribution in [1.29, 1.82) is 0 Å². The highest BCUT2D eigenvalue weighted by Gasteiger charge is 2.04. The second kappa shape index (κ2) is 4.70. The van der Waals surface area contributed by atoms with Crippen molar-refractivity contribution in [2.75, 3.05) is 5.32 Å². The van der Waals surface area contributed by atoms with Crippen LogP contribution >= 0.6 is 11.6 Å². The summed E-state index contributed by atoms with van der Waals surface area (Å²) < 4.78 is 5.56. The van der Waals surface area contributed by atoms with E-state index in [0.29, 0.717) is 12.6 Å². The summed E-state index contributed by atoms with van der Waals surface area (Å²) >= 11 is 5.92. The number of hydrogen-bond donors (Lipinski definition) is 1. The molecule has 1 aromatic heterocycles. The van der Waals surface area contributed by atoms with Crippen LogP contribution in [-0.4, -0.2) is 4.98 Å². The van der Waals surface area contributed by atoms with Gasteiger partial charge in [-0.2, -0.15) is 4.98 Å². The molecular weight excluding hydrogens is 248 g/mol. The van der Waals surface area contributed by atoms with Crippen molar-refractivity contribution in [3.05, 3.63) is 59.1 Å². The number of hydrogen-bond acceptors (Lipinski definition) is 3. The Bertz CT molecular complexity index is 645. The second-order valence-electron chi connectivity index (χ2n) is 3.97. The fourth-order valence-corrected chi connectivity index (χ4v) is 1.99. The van der Waals surface area contributed by atoms with E-state index in [0.717, 1.165) is 21.7 Å². The molecular formula is C14H11ClN2O. The quantitative estimate of drug-likeness (QED) is 0.769. The monoisotopic (exact) mass is 258 g/mol. The molecule has 0 spiro atoms. The summed E-state index contributed by atoms with van der Waals surface area (Å²) in [5, 5.41) is 3.87. The van der Waals surface area contributed by atoms with Gasteiger partial charge < -0.3 is 9.73 Å². The van der Waals surface area contributed by atoms with Gasteiger partial charge in [0.25, 0.3) is 6.01 Å². The molecule has 0 fully saturated rings. The van der Waals surface area contributed by atoms with Crippen molar-refractivity contribution in [2.24, 2.45) is 0 Å². The molecule has 0 aliphatic heterocycles. The van der Waals surface area contributed by atoms with Gasteiger partial charge in [0.05, 0.1) is 0 Å². The topological polar surface area (TPSA) is 38.1 Å². The molecule has 2 aromatic carbocycles. The third kappa shape index (κ3) is 2.31. The number of benzene rings is 2. The Balaban J connectivity index is 1.76. The number of nitrogens with zero attached hydrogens (tertiary/aromatic N) is 1. The van der Waals surface area contributed by atoms with E-state index in [1.165, 1.54) is 0 Å². The van der Waals surface area contributed by atoms with Crippen molar-refractivity contribution in [3.8, 4) is 0 Å². The van der Waals surface area contributed by atoms with Gasteiger partial charge in [-0.05, 0) is 29.8 Å². The third-order valence-electron chi connectivity index (χ3n) is 2.63.